The second-order valence-electron chi connectivity index (χ2n) is 5.74. The molecule has 7 nitrogen and oxygen atoms in total. The number of ether oxygens (including phenoxy) is 1. The first-order valence-corrected chi connectivity index (χ1v) is 7.09. The van der Waals surface area contributed by atoms with Crippen molar-refractivity contribution in [1.29, 1.82) is 0 Å². The van der Waals surface area contributed by atoms with E-state index in [2.05, 4.69) is 17.2 Å². The molecule has 1 heterocycles. The van der Waals surface area contributed by atoms with E-state index in [1.165, 1.54) is 19.2 Å². The summed E-state index contributed by atoms with van der Waals surface area (Å²) in [4.78, 5) is 14.6. The molecule has 0 bridgehead atoms. The SMILES string of the molecule is COc1ccc([N+](=O)[O-])c(NCC2(O)CCC(C)CC2)n1. The van der Waals surface area contributed by atoms with Crippen molar-refractivity contribution in [3.8, 4) is 5.88 Å². The number of aromatic nitrogens is 1. The number of nitrogens with one attached hydrogen (secondary N) is 1. The highest BCUT2D eigenvalue weighted by molar-refractivity contribution is 5.57. The largest absolute Gasteiger partial charge is 0.481 e. The Morgan fingerprint density at radius 1 is 1.52 bits per heavy atom. The highest BCUT2D eigenvalue weighted by Crippen LogP contribution is 2.33. The van der Waals surface area contributed by atoms with Crippen molar-refractivity contribution in [3.63, 3.8) is 0 Å². The van der Waals surface area contributed by atoms with Crippen molar-refractivity contribution in [2.24, 2.45) is 5.92 Å². The molecule has 7 heteroatoms. The minimum absolute atomic E-state index is 0.122. The Balaban J connectivity index is 2.09. The Bertz CT molecular complexity index is 513. The van der Waals surface area contributed by atoms with Gasteiger partial charge >= 0.3 is 5.69 Å². The van der Waals surface area contributed by atoms with Gasteiger partial charge < -0.3 is 15.2 Å². The number of hydrogen-bond acceptors (Lipinski definition) is 6. The lowest BCUT2D eigenvalue weighted by Crippen LogP contribution is -2.40. The molecule has 0 unspecified atom stereocenters. The maximum atomic E-state index is 11.0. The molecule has 21 heavy (non-hydrogen) atoms. The normalized spacial score (nSPS) is 25.4. The van der Waals surface area contributed by atoms with Crippen molar-refractivity contribution in [3.05, 3.63) is 22.2 Å². The minimum Gasteiger partial charge on any atom is -0.481 e. The van der Waals surface area contributed by atoms with Gasteiger partial charge in [-0.3, -0.25) is 10.1 Å². The molecule has 1 fully saturated rings. The van der Waals surface area contributed by atoms with Crippen LogP contribution in [0.2, 0.25) is 0 Å². The topological polar surface area (TPSA) is 97.5 Å². The quantitative estimate of drug-likeness (QED) is 0.639. The van der Waals surface area contributed by atoms with Crippen LogP contribution in [0.15, 0.2) is 12.1 Å². The van der Waals surface area contributed by atoms with Gasteiger partial charge in [-0.15, -0.1) is 0 Å². The van der Waals surface area contributed by atoms with E-state index in [1.54, 1.807) is 0 Å². The highest BCUT2D eigenvalue weighted by Gasteiger charge is 2.32. The van der Waals surface area contributed by atoms with Gasteiger partial charge in [-0.05, 0) is 31.6 Å². The van der Waals surface area contributed by atoms with Crippen LogP contribution < -0.4 is 10.1 Å². The number of anilines is 1. The summed E-state index contributed by atoms with van der Waals surface area (Å²) in [7, 11) is 1.45. The maximum Gasteiger partial charge on any atom is 0.311 e. The van der Waals surface area contributed by atoms with Crippen LogP contribution in [0.1, 0.15) is 32.6 Å². The molecule has 1 aliphatic carbocycles. The third-order valence-electron chi connectivity index (χ3n) is 4.04. The van der Waals surface area contributed by atoms with Gasteiger partial charge in [0.25, 0.3) is 0 Å². The summed E-state index contributed by atoms with van der Waals surface area (Å²) in [6.07, 6.45) is 3.31. The van der Waals surface area contributed by atoms with E-state index in [0.29, 0.717) is 24.6 Å². The van der Waals surface area contributed by atoms with Gasteiger partial charge in [0.2, 0.25) is 11.7 Å². The van der Waals surface area contributed by atoms with Crippen molar-refractivity contribution in [1.82, 2.24) is 4.98 Å². The zero-order chi connectivity index (χ0) is 15.5. The fourth-order valence-corrected chi connectivity index (χ4v) is 2.55. The van der Waals surface area contributed by atoms with E-state index >= 15 is 0 Å². The van der Waals surface area contributed by atoms with Gasteiger partial charge in [-0.25, -0.2) is 0 Å². The molecule has 0 aromatic carbocycles. The lowest BCUT2D eigenvalue weighted by Gasteiger charge is -2.35. The summed E-state index contributed by atoms with van der Waals surface area (Å²) >= 11 is 0. The Hall–Kier alpha value is -1.89. The lowest BCUT2D eigenvalue weighted by atomic mass is 9.79. The molecule has 0 aliphatic heterocycles. The van der Waals surface area contributed by atoms with Gasteiger partial charge in [0.15, 0.2) is 0 Å². The summed E-state index contributed by atoms with van der Waals surface area (Å²) < 4.78 is 4.98. The van der Waals surface area contributed by atoms with E-state index < -0.39 is 10.5 Å². The second kappa shape index (κ2) is 6.26. The lowest BCUT2D eigenvalue weighted by molar-refractivity contribution is -0.384. The number of methoxy groups -OCH3 is 1. The second-order valence-corrected chi connectivity index (χ2v) is 5.74. The Morgan fingerprint density at radius 2 is 2.19 bits per heavy atom. The molecule has 0 radical (unpaired) electrons. The number of pyridine rings is 1. The average Bonchev–Trinajstić information content (AvgIpc) is 2.48. The number of aliphatic hydroxyl groups is 1. The fraction of sp³-hybridized carbons (Fsp3) is 0.643. The number of nitrogens with zero attached hydrogens (tertiary/aromatic N) is 2. The summed E-state index contributed by atoms with van der Waals surface area (Å²) in [6, 6.07) is 2.79. The first-order chi connectivity index (χ1) is 9.93. The molecule has 1 saturated carbocycles. The number of nitro groups is 1. The van der Waals surface area contributed by atoms with Gasteiger partial charge in [-0.2, -0.15) is 4.98 Å². The van der Waals surface area contributed by atoms with Crippen LogP contribution >= 0.6 is 0 Å². The predicted molar refractivity (Wildman–Crippen MR) is 78.5 cm³/mol. The van der Waals surface area contributed by atoms with Crippen LogP contribution in [-0.4, -0.2) is 34.3 Å². The smallest absolute Gasteiger partial charge is 0.311 e. The number of rotatable bonds is 5. The summed E-state index contributed by atoms with van der Waals surface area (Å²) in [5.74, 6) is 1.05. The van der Waals surface area contributed by atoms with E-state index in [9.17, 15) is 15.2 Å². The van der Waals surface area contributed by atoms with Gasteiger partial charge in [-0.1, -0.05) is 6.92 Å². The van der Waals surface area contributed by atoms with Gasteiger partial charge in [0.05, 0.1) is 17.6 Å². The van der Waals surface area contributed by atoms with Crippen molar-refractivity contribution in [2.45, 2.75) is 38.2 Å². The molecule has 0 amide bonds. The molecule has 1 aromatic rings. The minimum atomic E-state index is -0.828. The van der Waals surface area contributed by atoms with Crippen molar-refractivity contribution < 1.29 is 14.8 Å². The molecule has 116 valence electrons. The van der Waals surface area contributed by atoms with Crippen molar-refractivity contribution in [2.75, 3.05) is 19.0 Å². The average molecular weight is 295 g/mol. The summed E-state index contributed by atoms with van der Waals surface area (Å²) in [6.45, 7) is 2.42. The first-order valence-electron chi connectivity index (χ1n) is 7.09. The molecular formula is C14H21N3O4. The predicted octanol–water partition coefficient (Wildman–Crippen LogP) is 2.35. The summed E-state index contributed by atoms with van der Waals surface area (Å²) in [5.41, 5.74) is -0.950. The molecule has 0 saturated heterocycles. The van der Waals surface area contributed by atoms with E-state index in [1.807, 2.05) is 0 Å². The summed E-state index contributed by atoms with van der Waals surface area (Å²) in [5, 5.41) is 24.4. The van der Waals surface area contributed by atoms with E-state index in [4.69, 9.17) is 4.74 Å². The Labute approximate surface area is 123 Å². The van der Waals surface area contributed by atoms with Crippen LogP contribution in [0.5, 0.6) is 5.88 Å². The monoisotopic (exact) mass is 295 g/mol. The first kappa shape index (κ1) is 15.5. The highest BCUT2D eigenvalue weighted by atomic mass is 16.6. The fourth-order valence-electron chi connectivity index (χ4n) is 2.55. The van der Waals surface area contributed by atoms with Crippen molar-refractivity contribution >= 4 is 11.5 Å². The Morgan fingerprint density at radius 3 is 2.76 bits per heavy atom. The van der Waals surface area contributed by atoms with Crippen LogP contribution in [0.3, 0.4) is 0 Å². The zero-order valence-electron chi connectivity index (χ0n) is 12.3. The number of hydrogen-bond donors (Lipinski definition) is 2. The third-order valence-corrected chi connectivity index (χ3v) is 4.04. The molecule has 0 atom stereocenters. The third kappa shape index (κ3) is 3.81. The van der Waals surface area contributed by atoms with E-state index in [-0.39, 0.29) is 18.1 Å². The van der Waals surface area contributed by atoms with Gasteiger partial charge in [0, 0.05) is 18.7 Å². The Kier molecular flexibility index (Phi) is 4.62. The molecule has 1 aromatic heterocycles. The zero-order valence-corrected chi connectivity index (χ0v) is 12.3. The van der Waals surface area contributed by atoms with E-state index in [0.717, 1.165) is 12.8 Å². The molecular weight excluding hydrogens is 274 g/mol. The van der Waals surface area contributed by atoms with Crippen LogP contribution in [0.25, 0.3) is 0 Å². The molecule has 0 spiro atoms. The molecule has 2 rings (SSSR count). The van der Waals surface area contributed by atoms with Crippen LogP contribution in [0, 0.1) is 16.0 Å². The standard InChI is InChI=1S/C14H21N3O4/c1-10-5-7-14(18,8-6-10)9-15-13-11(17(19)20)3-4-12(16-13)21-2/h3-4,10,18H,5-9H2,1-2H3,(H,15,16). The van der Waals surface area contributed by atoms with Gasteiger partial charge in [0.1, 0.15) is 0 Å². The molecule has 2 N–H and O–H groups in total. The molecule has 1 aliphatic rings. The van der Waals surface area contributed by atoms with Crippen LogP contribution in [-0.2, 0) is 0 Å². The maximum absolute atomic E-state index is 11.0. The van der Waals surface area contributed by atoms with Crippen LogP contribution in [0.4, 0.5) is 11.5 Å².